The Morgan fingerprint density at radius 1 is 1.39 bits per heavy atom. The minimum absolute atomic E-state index is 0.0195. The molecule has 0 spiro atoms. The number of rotatable bonds is 10. The van der Waals surface area contributed by atoms with Crippen LogP contribution in [0.5, 0.6) is 0 Å². The summed E-state index contributed by atoms with van der Waals surface area (Å²) in [7, 11) is 1.64. The van der Waals surface area contributed by atoms with Crippen molar-refractivity contribution in [3.05, 3.63) is 52.5 Å². The number of ketones is 1. The van der Waals surface area contributed by atoms with Crippen molar-refractivity contribution in [2.45, 2.75) is 50.7 Å². The smallest absolute Gasteiger partial charge is 0.210 e. The van der Waals surface area contributed by atoms with Gasteiger partial charge in [-0.05, 0) is 24.8 Å². The monoisotopic (exact) mass is 400 g/mol. The molecule has 1 amide bonds. The van der Waals surface area contributed by atoms with Crippen LogP contribution in [0.25, 0.3) is 0 Å². The van der Waals surface area contributed by atoms with Gasteiger partial charge in [-0.25, -0.2) is 4.98 Å². The van der Waals surface area contributed by atoms with Crippen LogP contribution in [0.15, 0.2) is 41.9 Å². The molecule has 1 fully saturated rings. The first-order valence-electron chi connectivity index (χ1n) is 9.84. The number of hydrogen-bond donors (Lipinski definition) is 0. The van der Waals surface area contributed by atoms with Crippen LogP contribution in [-0.4, -0.2) is 47.9 Å². The van der Waals surface area contributed by atoms with Gasteiger partial charge in [0.15, 0.2) is 0 Å². The number of nitrogens with zero attached hydrogens (tertiary/aromatic N) is 2. The van der Waals surface area contributed by atoms with Crippen molar-refractivity contribution in [2.75, 3.05) is 13.7 Å². The molecule has 0 radical (unpaired) electrons. The van der Waals surface area contributed by atoms with Gasteiger partial charge in [0.1, 0.15) is 5.78 Å². The quantitative estimate of drug-likeness (QED) is 0.571. The molecule has 2 heterocycles. The van der Waals surface area contributed by atoms with E-state index in [4.69, 9.17) is 4.74 Å². The average Bonchev–Trinajstić information content (AvgIpc) is 3.41. The van der Waals surface area contributed by atoms with E-state index in [1.807, 2.05) is 30.5 Å². The number of carbonyl (C=O) groups excluding carboxylic acids is 2. The molecule has 2 aromatic rings. The standard InChI is InChI=1S/C22H28N2O3S/c1-16(21(27-2)19-9-6-11-24(19)15-25)20(26)14-18(22-23-10-12-28-22)13-17-7-4-3-5-8-17/h3-5,7-8,10,12,15-16,18-19,21H,6,9,11,13-14H2,1-2H3/t16-,18+,19-,21+/m0/s1. The first-order chi connectivity index (χ1) is 13.6. The van der Waals surface area contributed by atoms with E-state index in [1.165, 1.54) is 5.56 Å². The molecule has 0 saturated carbocycles. The van der Waals surface area contributed by atoms with Crippen LogP contribution in [0, 0.1) is 5.92 Å². The predicted molar refractivity (Wildman–Crippen MR) is 110 cm³/mol. The lowest BCUT2D eigenvalue weighted by Gasteiger charge is -2.32. The summed E-state index contributed by atoms with van der Waals surface area (Å²) in [5, 5.41) is 2.95. The highest BCUT2D eigenvalue weighted by Gasteiger charge is 2.37. The SMILES string of the molecule is CO[C@H]([C@@H](C)C(=O)C[C@@H](Cc1ccccc1)c1nccs1)[C@@H]1CCCN1C=O. The zero-order chi connectivity index (χ0) is 19.9. The van der Waals surface area contributed by atoms with Crippen molar-refractivity contribution in [1.82, 2.24) is 9.88 Å². The number of hydrogen-bond acceptors (Lipinski definition) is 5. The number of ether oxygens (including phenoxy) is 1. The maximum absolute atomic E-state index is 13.2. The van der Waals surface area contributed by atoms with Gasteiger partial charge in [-0.2, -0.15) is 0 Å². The number of benzene rings is 1. The molecule has 1 saturated heterocycles. The highest BCUT2D eigenvalue weighted by atomic mass is 32.1. The third-order valence-electron chi connectivity index (χ3n) is 5.70. The molecule has 0 unspecified atom stereocenters. The zero-order valence-corrected chi connectivity index (χ0v) is 17.3. The lowest BCUT2D eigenvalue weighted by Crippen LogP contribution is -2.45. The van der Waals surface area contributed by atoms with Gasteiger partial charge < -0.3 is 9.64 Å². The van der Waals surface area contributed by atoms with Crippen LogP contribution < -0.4 is 0 Å². The molecular formula is C22H28N2O3S. The number of methoxy groups -OCH3 is 1. The van der Waals surface area contributed by atoms with E-state index < -0.39 is 0 Å². The second kappa shape index (κ2) is 9.94. The van der Waals surface area contributed by atoms with Gasteiger partial charge in [0, 0.05) is 43.5 Å². The Labute approximate surface area is 170 Å². The molecule has 150 valence electrons. The number of amides is 1. The van der Waals surface area contributed by atoms with Crippen molar-refractivity contribution in [3.63, 3.8) is 0 Å². The van der Waals surface area contributed by atoms with E-state index >= 15 is 0 Å². The fourth-order valence-corrected chi connectivity index (χ4v) is 4.93. The Bertz CT molecular complexity index is 750. The molecule has 5 nitrogen and oxygen atoms in total. The second-order valence-electron chi connectivity index (χ2n) is 7.47. The van der Waals surface area contributed by atoms with Gasteiger partial charge in [-0.1, -0.05) is 37.3 Å². The maximum Gasteiger partial charge on any atom is 0.210 e. The maximum atomic E-state index is 13.2. The second-order valence-corrected chi connectivity index (χ2v) is 8.40. The minimum Gasteiger partial charge on any atom is -0.379 e. The topological polar surface area (TPSA) is 59.5 Å². The van der Waals surface area contributed by atoms with Gasteiger partial charge in [0.25, 0.3) is 0 Å². The lowest BCUT2D eigenvalue weighted by atomic mass is 9.86. The lowest BCUT2D eigenvalue weighted by molar-refractivity contribution is -0.132. The summed E-state index contributed by atoms with van der Waals surface area (Å²) >= 11 is 1.60. The van der Waals surface area contributed by atoms with Crippen molar-refractivity contribution < 1.29 is 14.3 Å². The van der Waals surface area contributed by atoms with Crippen molar-refractivity contribution in [2.24, 2.45) is 5.92 Å². The first-order valence-corrected chi connectivity index (χ1v) is 10.7. The van der Waals surface area contributed by atoms with Crippen molar-refractivity contribution >= 4 is 23.5 Å². The third kappa shape index (κ3) is 4.86. The summed E-state index contributed by atoms with van der Waals surface area (Å²) in [6.45, 7) is 2.67. The summed E-state index contributed by atoms with van der Waals surface area (Å²) in [6.07, 6.45) is 5.47. The molecule has 6 heteroatoms. The summed E-state index contributed by atoms with van der Waals surface area (Å²) in [6, 6.07) is 10.2. The van der Waals surface area contributed by atoms with Crippen LogP contribution >= 0.6 is 11.3 Å². The normalized spacial score (nSPS) is 19.9. The molecule has 1 aromatic heterocycles. The highest BCUT2D eigenvalue weighted by Crippen LogP contribution is 2.31. The Balaban J connectivity index is 1.72. The predicted octanol–water partition coefficient (Wildman–Crippen LogP) is 3.70. The van der Waals surface area contributed by atoms with Gasteiger partial charge >= 0.3 is 0 Å². The Morgan fingerprint density at radius 2 is 2.18 bits per heavy atom. The Morgan fingerprint density at radius 3 is 2.82 bits per heavy atom. The summed E-state index contributed by atoms with van der Waals surface area (Å²) in [4.78, 5) is 30.8. The first kappa shape index (κ1) is 20.7. The molecule has 4 atom stereocenters. The van der Waals surface area contributed by atoms with Crippen molar-refractivity contribution in [3.8, 4) is 0 Å². The molecule has 1 aliphatic rings. The van der Waals surface area contributed by atoms with E-state index in [9.17, 15) is 9.59 Å². The van der Waals surface area contributed by atoms with E-state index in [0.717, 1.165) is 37.2 Å². The molecule has 0 bridgehead atoms. The third-order valence-corrected chi connectivity index (χ3v) is 6.64. The van der Waals surface area contributed by atoms with Gasteiger partial charge in [-0.15, -0.1) is 11.3 Å². The largest absolute Gasteiger partial charge is 0.379 e. The van der Waals surface area contributed by atoms with Crippen LogP contribution in [0.3, 0.4) is 0 Å². The number of likely N-dealkylation sites (tertiary alicyclic amines) is 1. The number of carbonyl (C=O) groups is 2. The summed E-state index contributed by atoms with van der Waals surface area (Å²) < 4.78 is 5.71. The molecule has 1 aromatic carbocycles. The zero-order valence-electron chi connectivity index (χ0n) is 16.5. The number of aromatic nitrogens is 1. The number of Topliss-reactive ketones (excluding diaryl/α,β-unsaturated/α-hetero) is 1. The van der Waals surface area contributed by atoms with Gasteiger partial charge in [-0.3, -0.25) is 9.59 Å². The summed E-state index contributed by atoms with van der Waals surface area (Å²) in [5.74, 6) is -0.0462. The van der Waals surface area contributed by atoms with E-state index in [-0.39, 0.29) is 29.8 Å². The molecule has 0 N–H and O–H groups in total. The molecule has 0 aliphatic carbocycles. The fourth-order valence-electron chi connectivity index (χ4n) is 4.19. The van der Waals surface area contributed by atoms with Crippen LogP contribution in [0.1, 0.15) is 42.7 Å². The van der Waals surface area contributed by atoms with E-state index in [2.05, 4.69) is 17.1 Å². The van der Waals surface area contributed by atoms with Crippen molar-refractivity contribution in [1.29, 1.82) is 0 Å². The molecule has 1 aliphatic heterocycles. The van der Waals surface area contributed by atoms with E-state index in [0.29, 0.717) is 6.42 Å². The summed E-state index contributed by atoms with van der Waals surface area (Å²) in [5.41, 5.74) is 1.20. The highest BCUT2D eigenvalue weighted by molar-refractivity contribution is 7.09. The minimum atomic E-state index is -0.270. The van der Waals surface area contributed by atoms with Gasteiger partial charge in [0.2, 0.25) is 6.41 Å². The van der Waals surface area contributed by atoms with Crippen LogP contribution in [-0.2, 0) is 20.7 Å². The van der Waals surface area contributed by atoms with Gasteiger partial charge in [0.05, 0.1) is 17.2 Å². The Hall–Kier alpha value is -2.05. The van der Waals surface area contributed by atoms with Crippen LogP contribution in [0.2, 0.25) is 0 Å². The molecule has 28 heavy (non-hydrogen) atoms. The molecule has 3 rings (SSSR count). The van der Waals surface area contributed by atoms with E-state index in [1.54, 1.807) is 29.5 Å². The fraction of sp³-hybridized carbons (Fsp3) is 0.500. The number of thiazole rings is 1. The molecular weight excluding hydrogens is 372 g/mol. The van der Waals surface area contributed by atoms with Crippen LogP contribution in [0.4, 0.5) is 0 Å². The Kier molecular flexibility index (Phi) is 7.34. The average molecular weight is 401 g/mol.